The Morgan fingerprint density at radius 1 is 0.528 bits per heavy atom. The van der Waals surface area contributed by atoms with Crippen molar-refractivity contribution in [2.45, 2.75) is 91.7 Å². The first-order chi connectivity index (χ1) is 16.5. The van der Waals surface area contributed by atoms with Gasteiger partial charge in [-0.15, -0.1) is 44.5 Å². The Morgan fingerprint density at radius 3 is 0.917 bits per heavy atom. The first-order valence-corrected chi connectivity index (χ1v) is 14.4. The zero-order valence-electron chi connectivity index (χ0n) is 23.0. The summed E-state index contributed by atoms with van der Waals surface area (Å²) in [6.07, 6.45) is 7.17. The molecule has 0 aliphatic rings. The van der Waals surface area contributed by atoms with Gasteiger partial charge in [0.2, 0.25) is 0 Å². The molecule has 0 saturated heterocycles. The third kappa shape index (κ3) is 30.1. The van der Waals surface area contributed by atoms with E-state index in [4.69, 9.17) is 0 Å². The quantitative estimate of drug-likeness (QED) is 0.0853. The Bertz CT molecular complexity index is 465. The van der Waals surface area contributed by atoms with E-state index in [1.165, 1.54) is 50.7 Å². The summed E-state index contributed by atoms with van der Waals surface area (Å²) in [5.41, 5.74) is 0. The van der Waals surface area contributed by atoms with E-state index in [-0.39, 0.29) is 25.8 Å². The molecule has 11 heteroatoms. The van der Waals surface area contributed by atoms with Gasteiger partial charge in [0.25, 0.3) is 8.80 Å². The molecule has 0 atom stereocenters. The smallest absolute Gasteiger partial charge is 0.662 e. The minimum absolute atomic E-state index is 0. The van der Waals surface area contributed by atoms with Crippen LogP contribution >= 0.6 is 0 Å². The van der Waals surface area contributed by atoms with Gasteiger partial charge < -0.3 is 16.0 Å². The molecular formula is C25H47F6HfN3Si. The molecule has 0 radical (unpaired) electrons. The first-order valence-electron chi connectivity index (χ1n) is 12.7. The Hall–Kier alpha value is -0.103. The minimum atomic E-state index is -5.16. The van der Waals surface area contributed by atoms with Gasteiger partial charge in [-0.2, -0.15) is 38.5 Å². The van der Waals surface area contributed by atoms with Crippen molar-refractivity contribution in [1.82, 2.24) is 0 Å². The molecule has 0 unspecified atom stereocenters. The number of nitrogens with zero attached hydrogens (tertiary/aromatic N) is 3. The molecular weight excluding hydrogens is 663 g/mol. The van der Waals surface area contributed by atoms with Crippen molar-refractivity contribution >= 4 is 14.0 Å². The predicted octanol–water partition coefficient (Wildman–Crippen LogP) is 8.58. The molecule has 212 valence electrons. The average molecular weight is 710 g/mol. The van der Waals surface area contributed by atoms with Gasteiger partial charge in [0.05, 0.1) is 0 Å². The van der Waals surface area contributed by atoms with Crippen LogP contribution in [0.25, 0.3) is 16.0 Å². The van der Waals surface area contributed by atoms with Crippen LogP contribution in [0.3, 0.4) is 0 Å². The van der Waals surface area contributed by atoms with Crippen molar-refractivity contribution < 1.29 is 52.2 Å². The van der Waals surface area contributed by atoms with Crippen molar-refractivity contribution in [2.75, 3.05) is 39.3 Å². The molecule has 0 N–H and O–H groups in total. The molecule has 0 aromatic heterocycles. The fourth-order valence-corrected chi connectivity index (χ4v) is 4.16. The van der Waals surface area contributed by atoms with Crippen LogP contribution in [0.5, 0.6) is 0 Å². The van der Waals surface area contributed by atoms with Gasteiger partial charge in [0.1, 0.15) is 0 Å². The predicted molar refractivity (Wildman–Crippen MR) is 142 cm³/mol. The molecule has 0 fully saturated rings. The molecule has 3 nitrogen and oxygen atoms in total. The van der Waals surface area contributed by atoms with E-state index in [1.54, 1.807) is 0 Å². The zero-order chi connectivity index (χ0) is 27.6. The fourth-order valence-electron chi connectivity index (χ4n) is 2.43. The molecule has 0 bridgehead atoms. The van der Waals surface area contributed by atoms with E-state index < -0.39 is 25.6 Å². The number of alkyl halides is 6. The van der Waals surface area contributed by atoms with E-state index in [0.717, 1.165) is 51.4 Å². The second kappa shape index (κ2) is 29.5. The summed E-state index contributed by atoms with van der Waals surface area (Å²) >= 11 is 0. The van der Waals surface area contributed by atoms with E-state index in [0.29, 0.717) is 0 Å². The molecule has 1 rings (SSSR count). The van der Waals surface area contributed by atoms with Crippen LogP contribution in [0.1, 0.15) is 80.1 Å². The van der Waals surface area contributed by atoms with Gasteiger partial charge in [-0.05, 0) is 0 Å². The molecule has 0 aliphatic heterocycles. The van der Waals surface area contributed by atoms with Crippen LogP contribution in [-0.2, 0) is 25.8 Å². The monoisotopic (exact) mass is 711 g/mol. The number of halogens is 6. The maximum atomic E-state index is 12.1. The summed E-state index contributed by atoms with van der Waals surface area (Å²) < 4.78 is 72.7. The molecule has 1 aromatic rings. The van der Waals surface area contributed by atoms with Crippen molar-refractivity contribution in [2.24, 2.45) is 0 Å². The van der Waals surface area contributed by atoms with E-state index >= 15 is 0 Å². The van der Waals surface area contributed by atoms with Crippen LogP contribution in [-0.4, -0.2) is 59.7 Å². The molecule has 36 heavy (non-hydrogen) atoms. The normalized spacial score (nSPS) is 10.8. The molecule has 0 saturated carbocycles. The molecule has 0 aliphatic carbocycles. The fraction of sp³-hybridized carbons (Fsp3) is 0.800. The Labute approximate surface area is 236 Å². The summed E-state index contributed by atoms with van der Waals surface area (Å²) in [7, 11) is -4.92. The van der Waals surface area contributed by atoms with Crippen LogP contribution in [0.2, 0.25) is 0 Å². The van der Waals surface area contributed by atoms with Crippen molar-refractivity contribution in [3.8, 4) is 0 Å². The number of rotatable bonds is 13. The van der Waals surface area contributed by atoms with Gasteiger partial charge in [-0.1, -0.05) is 80.1 Å². The Morgan fingerprint density at radius 2 is 0.750 bits per heavy atom. The zero-order valence-corrected chi connectivity index (χ0v) is 27.7. The van der Waals surface area contributed by atoms with Gasteiger partial charge in [0.15, 0.2) is 0 Å². The van der Waals surface area contributed by atoms with Gasteiger partial charge in [-0.3, -0.25) is 0 Å². The molecule has 0 spiro atoms. The topological polar surface area (TPSA) is 42.3 Å². The average Bonchev–Trinajstić information content (AvgIpc) is 3.28. The van der Waals surface area contributed by atoms with Crippen LogP contribution in [0.4, 0.5) is 26.3 Å². The van der Waals surface area contributed by atoms with E-state index in [2.05, 4.69) is 57.5 Å². The second-order valence-electron chi connectivity index (χ2n) is 7.75. The summed E-state index contributed by atoms with van der Waals surface area (Å²) in [6, 6.07) is 4.09. The standard InChI is InChI=1S/C7H5F6Si.3C6H14N.Hf/c8-6(9,10)14(7(11,12)13)5-3-1-2-4-5;3*1-3-5-7-6-4-2;/h1-4,14H;3*3-6H2,1-2H3;/q4*-1;+4. The van der Waals surface area contributed by atoms with Gasteiger partial charge in [-0.25, -0.2) is 12.1 Å². The Kier molecular flexibility index (Phi) is 35.2. The largest absolute Gasteiger partial charge is 4.00 e. The maximum absolute atomic E-state index is 12.1. The number of hydrogen-bond donors (Lipinski definition) is 0. The summed E-state index contributed by atoms with van der Waals surface area (Å²) in [5.74, 6) is -10.3. The third-order valence-corrected chi connectivity index (χ3v) is 6.33. The summed E-state index contributed by atoms with van der Waals surface area (Å²) in [4.78, 5) is 0. The van der Waals surface area contributed by atoms with E-state index in [1.807, 2.05) is 0 Å². The first kappa shape index (κ1) is 43.0. The molecule has 0 amide bonds. The van der Waals surface area contributed by atoms with Crippen LogP contribution < -0.4 is 5.19 Å². The van der Waals surface area contributed by atoms with Crippen molar-refractivity contribution in [3.63, 3.8) is 0 Å². The summed E-state index contributed by atoms with van der Waals surface area (Å²) in [5, 5.41) is 12.0. The maximum Gasteiger partial charge on any atom is 4.00 e. The summed E-state index contributed by atoms with van der Waals surface area (Å²) in [6.45, 7) is 19.2. The van der Waals surface area contributed by atoms with E-state index in [9.17, 15) is 26.3 Å². The molecule has 0 heterocycles. The van der Waals surface area contributed by atoms with Crippen molar-refractivity contribution in [1.29, 1.82) is 0 Å². The SMILES string of the molecule is CCC[N-]CCC.CCC[N-]CCC.CCC[N-]CCC.FC(F)(F)[SiH]([c-]1cccc1)C(F)(F)F.[Hf+4]. The second-order valence-corrected chi connectivity index (χ2v) is 10.6. The van der Waals surface area contributed by atoms with Crippen molar-refractivity contribution in [3.05, 3.63) is 40.2 Å². The minimum Gasteiger partial charge on any atom is -0.662 e. The van der Waals surface area contributed by atoms with Crippen LogP contribution in [0, 0.1) is 0 Å². The van der Waals surface area contributed by atoms with Gasteiger partial charge >= 0.3 is 37.4 Å². The third-order valence-electron chi connectivity index (χ3n) is 3.97. The Balaban J connectivity index is -0.000000201. The number of hydrogen-bond acceptors (Lipinski definition) is 0. The van der Waals surface area contributed by atoms with Crippen LogP contribution in [0.15, 0.2) is 24.3 Å². The van der Waals surface area contributed by atoms with Gasteiger partial charge in [0, 0.05) is 0 Å². The molecule has 1 aromatic carbocycles.